The van der Waals surface area contributed by atoms with Crippen LogP contribution in [-0.2, 0) is 19.1 Å². The summed E-state index contributed by atoms with van der Waals surface area (Å²) in [5.41, 5.74) is 10.8. The van der Waals surface area contributed by atoms with Crippen molar-refractivity contribution in [2.75, 3.05) is 13.2 Å². The number of carboxylic acid groups (broad SMARTS) is 1. The van der Waals surface area contributed by atoms with Crippen LogP contribution in [0, 0.1) is 0 Å². The molecule has 142 valence electrons. The zero-order valence-electron chi connectivity index (χ0n) is 14.0. The summed E-state index contributed by atoms with van der Waals surface area (Å²) in [7, 11) is 0. The molecule has 0 spiro atoms. The monoisotopic (exact) mass is 360 g/mol. The SMILES string of the molecule is CCOC(C(O)CO)[C@@H]1OC(C(=O)O)=C[C@H](N=C(N)N)[C@H]1NC(C)=O. The number of aliphatic hydroxyl groups excluding tert-OH is 2. The maximum atomic E-state index is 11.6. The summed E-state index contributed by atoms with van der Waals surface area (Å²) < 4.78 is 10.8. The van der Waals surface area contributed by atoms with Crippen LogP contribution in [0.3, 0.4) is 0 Å². The summed E-state index contributed by atoms with van der Waals surface area (Å²) in [4.78, 5) is 26.8. The first kappa shape index (κ1) is 20.7. The summed E-state index contributed by atoms with van der Waals surface area (Å²) in [6.45, 7) is 2.39. The highest BCUT2D eigenvalue weighted by molar-refractivity contribution is 5.85. The Bertz CT molecular complexity index is 547. The first-order valence-electron chi connectivity index (χ1n) is 7.59. The van der Waals surface area contributed by atoms with Crippen LogP contribution >= 0.6 is 0 Å². The van der Waals surface area contributed by atoms with Gasteiger partial charge in [0.2, 0.25) is 11.7 Å². The van der Waals surface area contributed by atoms with Crippen molar-refractivity contribution in [3.8, 4) is 0 Å². The Labute approximate surface area is 144 Å². The molecule has 11 heteroatoms. The fraction of sp³-hybridized carbons (Fsp3) is 0.643. The third-order valence-electron chi connectivity index (χ3n) is 3.44. The van der Waals surface area contributed by atoms with Gasteiger partial charge in [0.1, 0.15) is 12.2 Å². The van der Waals surface area contributed by atoms with Gasteiger partial charge >= 0.3 is 5.97 Å². The van der Waals surface area contributed by atoms with Gasteiger partial charge in [-0.1, -0.05) is 0 Å². The lowest BCUT2D eigenvalue weighted by molar-refractivity contribution is -0.152. The molecule has 0 aromatic carbocycles. The maximum Gasteiger partial charge on any atom is 0.370 e. The molecule has 2 unspecified atom stereocenters. The summed E-state index contributed by atoms with van der Waals surface area (Å²) in [6, 6.07) is -1.90. The molecule has 5 atom stereocenters. The van der Waals surface area contributed by atoms with Gasteiger partial charge in [0.05, 0.1) is 18.7 Å². The normalized spacial score (nSPS) is 25.1. The standard InChI is InChI=1S/C14H24N4O7/c1-3-24-11(8(21)5-19)12-10(17-6(2)20)7(18-14(15)16)4-9(25-12)13(22)23/h4,7-8,10-12,19,21H,3,5H2,1-2H3,(H,17,20)(H,22,23)(H4,15,16,18)/t7-,8?,10+,11?,12+/m0/s1. The molecule has 1 amide bonds. The van der Waals surface area contributed by atoms with E-state index in [4.69, 9.17) is 20.9 Å². The smallest absolute Gasteiger partial charge is 0.370 e. The lowest BCUT2D eigenvalue weighted by Gasteiger charge is -2.40. The molecule has 0 saturated heterocycles. The second-order valence-electron chi connectivity index (χ2n) is 5.36. The topological polar surface area (TPSA) is 190 Å². The second kappa shape index (κ2) is 9.20. The lowest BCUT2D eigenvalue weighted by atomic mass is 9.92. The Kier molecular flexibility index (Phi) is 7.61. The van der Waals surface area contributed by atoms with Gasteiger partial charge < -0.3 is 41.6 Å². The van der Waals surface area contributed by atoms with Crippen molar-refractivity contribution in [2.45, 2.75) is 44.2 Å². The molecule has 0 aromatic rings. The number of guanidine groups is 1. The molecule has 11 nitrogen and oxygen atoms in total. The van der Waals surface area contributed by atoms with E-state index in [0.29, 0.717) is 0 Å². The Balaban J connectivity index is 3.37. The number of amides is 1. The Morgan fingerprint density at radius 1 is 1.48 bits per heavy atom. The third-order valence-corrected chi connectivity index (χ3v) is 3.44. The minimum Gasteiger partial charge on any atom is -0.478 e. The zero-order valence-corrected chi connectivity index (χ0v) is 14.0. The van der Waals surface area contributed by atoms with Crippen LogP contribution in [0.4, 0.5) is 0 Å². The number of nitrogens with zero attached hydrogens (tertiary/aromatic N) is 1. The predicted octanol–water partition coefficient (Wildman–Crippen LogP) is -2.74. The van der Waals surface area contributed by atoms with Crippen LogP contribution in [-0.4, -0.2) is 76.8 Å². The molecule has 1 rings (SSSR count). The van der Waals surface area contributed by atoms with Crippen LogP contribution in [0.25, 0.3) is 0 Å². The van der Waals surface area contributed by atoms with Crippen molar-refractivity contribution in [3.63, 3.8) is 0 Å². The molecular weight excluding hydrogens is 336 g/mol. The van der Waals surface area contributed by atoms with Crippen LogP contribution in [0.1, 0.15) is 13.8 Å². The van der Waals surface area contributed by atoms with Gasteiger partial charge in [0, 0.05) is 13.5 Å². The van der Waals surface area contributed by atoms with Crippen LogP contribution in [0.2, 0.25) is 0 Å². The predicted molar refractivity (Wildman–Crippen MR) is 86.3 cm³/mol. The minimum absolute atomic E-state index is 0.146. The molecule has 0 saturated carbocycles. The second-order valence-corrected chi connectivity index (χ2v) is 5.36. The van der Waals surface area contributed by atoms with Gasteiger partial charge in [-0.15, -0.1) is 0 Å². The Hall–Kier alpha value is -2.37. The largest absolute Gasteiger partial charge is 0.478 e. The quantitative estimate of drug-likeness (QED) is 0.197. The number of hydrogen-bond acceptors (Lipinski definition) is 7. The number of ether oxygens (including phenoxy) is 2. The average Bonchev–Trinajstić information content (AvgIpc) is 2.52. The number of aliphatic carboxylic acids is 1. The van der Waals surface area contributed by atoms with E-state index in [1.54, 1.807) is 6.92 Å². The maximum absolute atomic E-state index is 11.6. The highest BCUT2D eigenvalue weighted by Gasteiger charge is 2.44. The van der Waals surface area contributed by atoms with E-state index in [-0.39, 0.29) is 12.6 Å². The lowest BCUT2D eigenvalue weighted by Crippen LogP contribution is -2.60. The van der Waals surface area contributed by atoms with E-state index in [0.717, 1.165) is 6.08 Å². The van der Waals surface area contributed by atoms with Crippen molar-refractivity contribution in [1.82, 2.24) is 5.32 Å². The van der Waals surface area contributed by atoms with Gasteiger partial charge in [-0.25, -0.2) is 9.79 Å². The van der Waals surface area contributed by atoms with Crippen molar-refractivity contribution in [3.05, 3.63) is 11.8 Å². The van der Waals surface area contributed by atoms with E-state index >= 15 is 0 Å². The molecule has 1 aliphatic rings. The van der Waals surface area contributed by atoms with E-state index in [9.17, 15) is 24.9 Å². The number of nitrogens with two attached hydrogens (primary N) is 2. The number of carbonyl (C=O) groups excluding carboxylic acids is 1. The van der Waals surface area contributed by atoms with Gasteiger partial charge in [0.15, 0.2) is 12.1 Å². The molecule has 25 heavy (non-hydrogen) atoms. The third kappa shape index (κ3) is 5.59. The first-order chi connectivity index (χ1) is 11.7. The highest BCUT2D eigenvalue weighted by Crippen LogP contribution is 2.26. The molecule has 0 aliphatic carbocycles. The van der Waals surface area contributed by atoms with Crippen LogP contribution in [0.15, 0.2) is 16.8 Å². The van der Waals surface area contributed by atoms with Crippen molar-refractivity contribution in [1.29, 1.82) is 0 Å². The summed E-state index contributed by atoms with van der Waals surface area (Å²) >= 11 is 0. The number of nitrogens with one attached hydrogen (secondary N) is 1. The molecule has 0 fully saturated rings. The van der Waals surface area contributed by atoms with Gasteiger partial charge in [0.25, 0.3) is 0 Å². The number of hydrogen-bond donors (Lipinski definition) is 6. The van der Waals surface area contributed by atoms with E-state index in [1.807, 2.05) is 0 Å². The summed E-state index contributed by atoms with van der Waals surface area (Å²) in [5, 5.41) is 31.1. The first-order valence-corrected chi connectivity index (χ1v) is 7.59. The fourth-order valence-corrected chi connectivity index (χ4v) is 2.52. The molecule has 1 heterocycles. The fourth-order valence-electron chi connectivity index (χ4n) is 2.52. The number of rotatable bonds is 8. The highest BCUT2D eigenvalue weighted by atomic mass is 16.6. The van der Waals surface area contributed by atoms with Gasteiger partial charge in [-0.2, -0.15) is 0 Å². The number of aliphatic imine (C=N–C) groups is 1. The number of carboxylic acids is 1. The van der Waals surface area contributed by atoms with E-state index in [1.165, 1.54) is 6.92 Å². The van der Waals surface area contributed by atoms with Crippen LogP contribution in [0.5, 0.6) is 0 Å². The molecule has 0 radical (unpaired) electrons. The number of aliphatic hydroxyl groups is 2. The molecule has 0 aromatic heterocycles. The van der Waals surface area contributed by atoms with E-state index < -0.39 is 54.6 Å². The zero-order chi connectivity index (χ0) is 19.1. The van der Waals surface area contributed by atoms with E-state index in [2.05, 4.69) is 10.3 Å². The molecule has 1 aliphatic heterocycles. The van der Waals surface area contributed by atoms with Crippen molar-refractivity contribution < 1.29 is 34.4 Å². The molecular formula is C14H24N4O7. The summed E-state index contributed by atoms with van der Waals surface area (Å²) in [6.07, 6.45) is -2.52. The molecule has 0 bridgehead atoms. The Morgan fingerprint density at radius 2 is 2.12 bits per heavy atom. The summed E-state index contributed by atoms with van der Waals surface area (Å²) in [5.74, 6) is -2.61. The van der Waals surface area contributed by atoms with Crippen LogP contribution < -0.4 is 16.8 Å². The minimum atomic E-state index is -1.38. The average molecular weight is 360 g/mol. The van der Waals surface area contributed by atoms with Crippen molar-refractivity contribution >= 4 is 17.8 Å². The van der Waals surface area contributed by atoms with Crippen molar-refractivity contribution in [2.24, 2.45) is 16.5 Å². The molecule has 8 N–H and O–H groups in total. The number of carbonyl (C=O) groups is 2. The van der Waals surface area contributed by atoms with Gasteiger partial charge in [-0.3, -0.25) is 4.79 Å². The Morgan fingerprint density at radius 3 is 2.56 bits per heavy atom. The van der Waals surface area contributed by atoms with Gasteiger partial charge in [-0.05, 0) is 13.0 Å².